The summed E-state index contributed by atoms with van der Waals surface area (Å²) in [5.41, 5.74) is 3.93. The number of nitrogens with one attached hydrogen (secondary N) is 2. The molecule has 40 heavy (non-hydrogen) atoms. The van der Waals surface area contributed by atoms with Crippen LogP contribution >= 0.6 is 0 Å². The number of unbranched alkanes of at least 4 members (excludes halogenated alkanes) is 3. The third-order valence-electron chi connectivity index (χ3n) is 7.79. The first-order valence-corrected chi connectivity index (χ1v) is 13.6. The minimum Gasteiger partial charge on any atom is -0.493 e. The number of ether oxygens (including phenoxy) is 2. The summed E-state index contributed by atoms with van der Waals surface area (Å²) < 4.78 is 12.9. The van der Waals surface area contributed by atoms with Crippen molar-refractivity contribution in [1.29, 1.82) is 0 Å². The van der Waals surface area contributed by atoms with Crippen molar-refractivity contribution in [3.63, 3.8) is 0 Å². The molecule has 0 saturated heterocycles. The van der Waals surface area contributed by atoms with Crippen LogP contribution in [-0.2, 0) is 39.6 Å². The zero-order valence-corrected chi connectivity index (χ0v) is 22.7. The summed E-state index contributed by atoms with van der Waals surface area (Å²) >= 11 is 0. The van der Waals surface area contributed by atoms with E-state index in [-0.39, 0.29) is 24.5 Å². The van der Waals surface area contributed by atoms with Crippen LogP contribution in [0, 0.1) is 0 Å². The number of hydrogen-bond acceptors (Lipinski definition) is 9. The molecular weight excluding hydrogens is 516 g/mol. The summed E-state index contributed by atoms with van der Waals surface area (Å²) in [7, 11) is 1.87. The molecule has 212 valence electrons. The number of fused-ring (bicyclic) bond motifs is 5. The fourth-order valence-electron chi connectivity index (χ4n) is 5.56. The van der Waals surface area contributed by atoms with Crippen LogP contribution < -0.4 is 21.1 Å². The SMILES string of the molecule is CC[C@@]1(O)C(=O)OCc2c1cc1n(c2=O)Cc2cc3c(CNC)c(OCCCCCCC(=O)NO)ccc3nc2-1. The number of amides is 1. The molecule has 3 aromatic rings. The number of cyclic esters (lactones) is 1. The van der Waals surface area contributed by atoms with Gasteiger partial charge in [-0.1, -0.05) is 19.8 Å². The standard InChI is InChI=1S/C29H34N4O7/c1-3-29(37)21-13-23-26-17(15-33(23)27(35)20(21)16-40-28(29)36)12-18-19(14-30-2)24(10-9-22(18)31-26)39-11-7-5-4-6-8-25(34)32-38/h9-10,12-13,30,37-38H,3-8,11,14-16H2,1-2H3,(H,32,34)/t29-/m0/s1. The normalized spacial score (nSPS) is 17.2. The first kappa shape index (κ1) is 27.8. The van der Waals surface area contributed by atoms with Crippen LogP contribution in [0.15, 0.2) is 29.1 Å². The topological polar surface area (TPSA) is 152 Å². The van der Waals surface area contributed by atoms with Gasteiger partial charge < -0.3 is 24.5 Å². The van der Waals surface area contributed by atoms with Gasteiger partial charge in [-0.05, 0) is 50.6 Å². The molecule has 2 aliphatic rings. The molecule has 1 aromatic carbocycles. The quantitative estimate of drug-likeness (QED) is 0.0956. The first-order valence-electron chi connectivity index (χ1n) is 13.6. The Morgan fingerprint density at radius 1 is 1.20 bits per heavy atom. The van der Waals surface area contributed by atoms with Crippen LogP contribution in [0.2, 0.25) is 0 Å². The number of benzene rings is 1. The molecule has 0 radical (unpaired) electrons. The highest BCUT2D eigenvalue weighted by molar-refractivity contribution is 5.89. The molecule has 0 fully saturated rings. The molecule has 0 saturated carbocycles. The van der Waals surface area contributed by atoms with Crippen molar-refractivity contribution < 1.29 is 29.4 Å². The van der Waals surface area contributed by atoms with E-state index in [2.05, 4.69) is 5.32 Å². The molecule has 5 rings (SSSR count). The number of hydrogen-bond donors (Lipinski definition) is 4. The molecule has 4 heterocycles. The average molecular weight is 551 g/mol. The van der Waals surface area contributed by atoms with Crippen LogP contribution in [0.1, 0.15) is 67.7 Å². The lowest BCUT2D eigenvalue weighted by Gasteiger charge is -2.31. The highest BCUT2D eigenvalue weighted by atomic mass is 16.6. The Morgan fingerprint density at radius 3 is 2.75 bits per heavy atom. The van der Waals surface area contributed by atoms with E-state index < -0.39 is 11.6 Å². The predicted molar refractivity (Wildman–Crippen MR) is 146 cm³/mol. The van der Waals surface area contributed by atoms with Gasteiger partial charge in [0.25, 0.3) is 5.56 Å². The molecular formula is C29H34N4O7. The fourth-order valence-corrected chi connectivity index (χ4v) is 5.56. The third-order valence-corrected chi connectivity index (χ3v) is 7.79. The van der Waals surface area contributed by atoms with Crippen molar-refractivity contribution in [3.8, 4) is 17.1 Å². The highest BCUT2D eigenvalue weighted by Gasteiger charge is 2.45. The average Bonchev–Trinajstić information content (AvgIpc) is 3.32. The number of nitrogens with zero attached hydrogens (tertiary/aromatic N) is 2. The lowest BCUT2D eigenvalue weighted by Crippen LogP contribution is -2.44. The minimum atomic E-state index is -1.86. The molecule has 4 N–H and O–H groups in total. The largest absolute Gasteiger partial charge is 0.493 e. The van der Waals surface area contributed by atoms with Gasteiger partial charge >= 0.3 is 5.97 Å². The lowest BCUT2D eigenvalue weighted by atomic mass is 9.86. The van der Waals surface area contributed by atoms with Gasteiger partial charge in [0, 0.05) is 35.0 Å². The second-order valence-corrected chi connectivity index (χ2v) is 10.3. The Kier molecular flexibility index (Phi) is 7.88. The zero-order chi connectivity index (χ0) is 28.4. The van der Waals surface area contributed by atoms with Gasteiger partial charge in [-0.25, -0.2) is 15.3 Å². The number of aliphatic hydroxyl groups is 1. The van der Waals surface area contributed by atoms with Crippen LogP contribution in [0.5, 0.6) is 5.75 Å². The van der Waals surface area contributed by atoms with Crippen molar-refractivity contribution in [3.05, 3.63) is 56.9 Å². The molecule has 11 heteroatoms. The van der Waals surface area contributed by atoms with Crippen molar-refractivity contribution in [1.82, 2.24) is 20.3 Å². The zero-order valence-electron chi connectivity index (χ0n) is 22.7. The number of aromatic nitrogens is 2. The number of rotatable bonds is 11. The Bertz CT molecular complexity index is 1530. The van der Waals surface area contributed by atoms with Crippen molar-refractivity contribution >= 4 is 22.8 Å². The Hall–Kier alpha value is -3.80. The van der Waals surface area contributed by atoms with E-state index in [9.17, 15) is 19.5 Å². The molecule has 0 spiro atoms. The maximum atomic E-state index is 13.4. The van der Waals surface area contributed by atoms with Gasteiger partial charge in [0.15, 0.2) is 5.60 Å². The molecule has 2 aromatic heterocycles. The number of pyridine rings is 2. The monoisotopic (exact) mass is 550 g/mol. The molecule has 1 amide bonds. The van der Waals surface area contributed by atoms with Crippen molar-refractivity contribution in [2.75, 3.05) is 13.7 Å². The van der Waals surface area contributed by atoms with E-state index in [0.29, 0.717) is 55.1 Å². The number of hydroxylamine groups is 1. The number of carbonyl (C=O) groups excluding carboxylic acids is 2. The second kappa shape index (κ2) is 11.4. The van der Waals surface area contributed by atoms with E-state index in [4.69, 9.17) is 19.7 Å². The summed E-state index contributed by atoms with van der Waals surface area (Å²) in [5.74, 6) is -0.353. The van der Waals surface area contributed by atoms with Crippen LogP contribution in [0.3, 0.4) is 0 Å². The van der Waals surface area contributed by atoms with E-state index >= 15 is 0 Å². The number of esters is 1. The van der Waals surface area contributed by atoms with Crippen LogP contribution in [0.4, 0.5) is 0 Å². The molecule has 0 bridgehead atoms. The summed E-state index contributed by atoms with van der Waals surface area (Å²) in [4.78, 5) is 41.9. The fraction of sp³-hybridized carbons (Fsp3) is 0.448. The van der Waals surface area contributed by atoms with E-state index in [1.807, 2.05) is 25.2 Å². The molecule has 0 unspecified atom stereocenters. The summed E-state index contributed by atoms with van der Waals surface area (Å²) in [6, 6.07) is 7.56. The molecule has 1 atom stereocenters. The van der Waals surface area contributed by atoms with Crippen molar-refractivity contribution in [2.24, 2.45) is 0 Å². The summed E-state index contributed by atoms with van der Waals surface area (Å²) in [5, 5.41) is 23.8. The van der Waals surface area contributed by atoms with Crippen molar-refractivity contribution in [2.45, 2.75) is 70.7 Å². The van der Waals surface area contributed by atoms with Gasteiger partial charge in [0.2, 0.25) is 5.91 Å². The van der Waals surface area contributed by atoms with E-state index in [1.54, 1.807) is 23.0 Å². The molecule has 0 aliphatic carbocycles. The summed E-state index contributed by atoms with van der Waals surface area (Å²) in [6.07, 6.45) is 3.71. The van der Waals surface area contributed by atoms with Gasteiger partial charge in [-0.3, -0.25) is 14.8 Å². The smallest absolute Gasteiger partial charge is 0.343 e. The molecule has 2 aliphatic heterocycles. The predicted octanol–water partition coefficient (Wildman–Crippen LogP) is 2.63. The third kappa shape index (κ3) is 4.85. The number of carbonyl (C=O) groups is 2. The minimum absolute atomic E-state index is 0.0940. The maximum Gasteiger partial charge on any atom is 0.343 e. The van der Waals surface area contributed by atoms with Crippen LogP contribution in [0.25, 0.3) is 22.3 Å². The van der Waals surface area contributed by atoms with Gasteiger partial charge in [-0.2, -0.15) is 0 Å². The lowest BCUT2D eigenvalue weighted by molar-refractivity contribution is -0.172. The van der Waals surface area contributed by atoms with Gasteiger partial charge in [0.05, 0.1) is 35.6 Å². The first-order chi connectivity index (χ1) is 19.3. The van der Waals surface area contributed by atoms with Gasteiger partial charge in [-0.15, -0.1) is 0 Å². The Labute approximate surface area is 231 Å². The Balaban J connectivity index is 1.42. The Morgan fingerprint density at radius 2 is 2.00 bits per heavy atom. The molecule has 11 nitrogen and oxygen atoms in total. The van der Waals surface area contributed by atoms with Gasteiger partial charge in [0.1, 0.15) is 12.4 Å². The maximum absolute atomic E-state index is 13.4. The highest BCUT2D eigenvalue weighted by Crippen LogP contribution is 2.39. The van der Waals surface area contributed by atoms with Crippen LogP contribution in [-0.4, -0.2) is 45.4 Å². The van der Waals surface area contributed by atoms with E-state index in [1.165, 1.54) is 0 Å². The van der Waals surface area contributed by atoms with E-state index in [0.717, 1.165) is 47.0 Å². The second-order valence-electron chi connectivity index (χ2n) is 10.3. The summed E-state index contributed by atoms with van der Waals surface area (Å²) in [6.45, 7) is 2.94.